The van der Waals surface area contributed by atoms with E-state index in [1.165, 1.54) is 24.3 Å². The zero-order valence-electron chi connectivity index (χ0n) is 11.4. The Morgan fingerprint density at radius 3 is 2.64 bits per heavy atom. The number of halogens is 2. The molecular formula is C16H12BrFN2O2. The Balaban J connectivity index is 1.81. The number of benzene rings is 2. The van der Waals surface area contributed by atoms with Crippen molar-refractivity contribution in [1.29, 1.82) is 0 Å². The predicted octanol–water partition coefficient (Wildman–Crippen LogP) is 4.21. The van der Waals surface area contributed by atoms with Gasteiger partial charge in [0.15, 0.2) is 0 Å². The molecule has 0 bridgehead atoms. The molecule has 112 valence electrons. The number of aromatic carboxylic acids is 1. The molecule has 2 aromatic carbocycles. The van der Waals surface area contributed by atoms with Crippen molar-refractivity contribution in [1.82, 2.24) is 9.78 Å². The van der Waals surface area contributed by atoms with Crippen LogP contribution >= 0.6 is 15.9 Å². The fourth-order valence-electron chi connectivity index (χ4n) is 2.25. The normalized spacial score (nSPS) is 12.5. The first-order valence-corrected chi connectivity index (χ1v) is 7.43. The summed E-state index contributed by atoms with van der Waals surface area (Å²) in [5.74, 6) is -1.02. The van der Waals surface area contributed by atoms with E-state index in [4.69, 9.17) is 5.11 Å². The van der Waals surface area contributed by atoms with Gasteiger partial charge in [-0.1, -0.05) is 34.1 Å². The maximum absolute atomic E-state index is 14.4. The minimum absolute atomic E-state index is 0.0769. The monoisotopic (exact) mass is 362 g/mol. The van der Waals surface area contributed by atoms with Crippen LogP contribution in [0.4, 0.5) is 4.39 Å². The molecule has 0 fully saturated rings. The number of alkyl halides is 1. The Morgan fingerprint density at radius 1 is 1.27 bits per heavy atom. The van der Waals surface area contributed by atoms with E-state index in [9.17, 15) is 9.18 Å². The van der Waals surface area contributed by atoms with E-state index in [0.29, 0.717) is 5.56 Å². The molecule has 0 spiro atoms. The topological polar surface area (TPSA) is 55.1 Å². The van der Waals surface area contributed by atoms with Gasteiger partial charge in [-0.3, -0.25) is 4.68 Å². The third-order valence-corrected chi connectivity index (χ3v) is 4.10. The third kappa shape index (κ3) is 2.87. The molecule has 0 unspecified atom stereocenters. The number of carboxylic acids is 1. The van der Waals surface area contributed by atoms with Gasteiger partial charge in [-0.25, -0.2) is 9.18 Å². The first-order chi connectivity index (χ1) is 10.5. The molecule has 4 nitrogen and oxygen atoms in total. The minimum atomic E-state index is -1.25. The molecule has 0 saturated heterocycles. The Kier molecular flexibility index (Phi) is 3.94. The van der Waals surface area contributed by atoms with Crippen LogP contribution in [0.25, 0.3) is 10.9 Å². The van der Waals surface area contributed by atoms with Crippen molar-refractivity contribution in [2.45, 2.75) is 12.7 Å². The summed E-state index contributed by atoms with van der Waals surface area (Å²) in [5.41, 5.74) is 1.37. The predicted molar refractivity (Wildman–Crippen MR) is 84.7 cm³/mol. The Hall–Kier alpha value is -2.21. The molecule has 0 amide bonds. The second-order valence-electron chi connectivity index (χ2n) is 4.92. The van der Waals surface area contributed by atoms with Crippen LogP contribution < -0.4 is 0 Å². The maximum atomic E-state index is 14.4. The van der Waals surface area contributed by atoms with Crippen LogP contribution in [0, 0.1) is 0 Å². The number of rotatable bonds is 4. The van der Waals surface area contributed by atoms with Crippen molar-refractivity contribution in [3.8, 4) is 0 Å². The molecule has 0 aliphatic heterocycles. The summed E-state index contributed by atoms with van der Waals surface area (Å²) < 4.78 is 16.8. The highest BCUT2D eigenvalue weighted by Gasteiger charge is 2.13. The van der Waals surface area contributed by atoms with Crippen molar-refractivity contribution in [3.63, 3.8) is 0 Å². The summed E-state index contributed by atoms with van der Waals surface area (Å²) in [6.45, 7) is 0.0769. The van der Waals surface area contributed by atoms with Crippen LogP contribution in [-0.4, -0.2) is 20.9 Å². The second kappa shape index (κ2) is 5.88. The van der Waals surface area contributed by atoms with Gasteiger partial charge in [-0.15, -0.1) is 0 Å². The van der Waals surface area contributed by atoms with Crippen LogP contribution in [0.1, 0.15) is 22.1 Å². The fourth-order valence-corrected chi connectivity index (χ4v) is 2.71. The number of nitrogens with zero attached hydrogens (tertiary/aromatic N) is 2. The molecule has 0 aliphatic rings. The lowest BCUT2D eigenvalue weighted by atomic mass is 10.1. The molecule has 22 heavy (non-hydrogen) atoms. The molecule has 1 N–H and O–H groups in total. The van der Waals surface area contributed by atoms with Crippen LogP contribution in [0.5, 0.6) is 0 Å². The van der Waals surface area contributed by atoms with E-state index < -0.39 is 12.1 Å². The quantitative estimate of drug-likeness (QED) is 0.756. The zero-order chi connectivity index (χ0) is 15.7. The molecular weight excluding hydrogens is 351 g/mol. The highest BCUT2D eigenvalue weighted by atomic mass is 79.9. The number of hydrogen-bond donors (Lipinski definition) is 1. The van der Waals surface area contributed by atoms with Gasteiger partial charge >= 0.3 is 5.97 Å². The summed E-state index contributed by atoms with van der Waals surface area (Å²) in [4.78, 5) is 10.8. The van der Waals surface area contributed by atoms with Crippen molar-refractivity contribution in [2.24, 2.45) is 0 Å². The van der Waals surface area contributed by atoms with Crippen LogP contribution in [0.15, 0.2) is 53.1 Å². The first kappa shape index (κ1) is 14.7. The van der Waals surface area contributed by atoms with Crippen molar-refractivity contribution in [3.05, 3.63) is 64.3 Å². The van der Waals surface area contributed by atoms with E-state index in [1.807, 2.05) is 18.2 Å². The summed E-state index contributed by atoms with van der Waals surface area (Å²) in [6.07, 6.45) is 0.536. The molecule has 6 heteroatoms. The van der Waals surface area contributed by atoms with E-state index in [1.54, 1.807) is 10.9 Å². The SMILES string of the molecule is O=C(O)c1ccc([C@@H](F)Cn2cc3c(Br)cccc3n2)cc1. The van der Waals surface area contributed by atoms with E-state index >= 15 is 0 Å². The van der Waals surface area contributed by atoms with E-state index in [0.717, 1.165) is 15.4 Å². The summed E-state index contributed by atoms with van der Waals surface area (Å²) in [5, 5.41) is 14.1. The largest absolute Gasteiger partial charge is 0.478 e. The smallest absolute Gasteiger partial charge is 0.335 e. The fraction of sp³-hybridized carbons (Fsp3) is 0.125. The van der Waals surface area contributed by atoms with Gasteiger partial charge in [0, 0.05) is 16.1 Å². The van der Waals surface area contributed by atoms with Gasteiger partial charge in [-0.2, -0.15) is 5.10 Å². The van der Waals surface area contributed by atoms with E-state index in [2.05, 4.69) is 21.0 Å². The highest BCUT2D eigenvalue weighted by Crippen LogP contribution is 2.25. The summed E-state index contributed by atoms with van der Waals surface area (Å²) in [7, 11) is 0. The minimum Gasteiger partial charge on any atom is -0.478 e. The van der Waals surface area contributed by atoms with Gasteiger partial charge in [0.2, 0.25) is 0 Å². The van der Waals surface area contributed by atoms with Gasteiger partial charge in [0.25, 0.3) is 0 Å². The first-order valence-electron chi connectivity index (χ1n) is 6.63. The van der Waals surface area contributed by atoms with E-state index in [-0.39, 0.29) is 12.1 Å². The molecule has 1 atom stereocenters. The molecule has 3 aromatic rings. The number of carbonyl (C=O) groups is 1. The average molecular weight is 363 g/mol. The molecule has 3 rings (SSSR count). The second-order valence-corrected chi connectivity index (χ2v) is 5.77. The van der Waals surface area contributed by atoms with Gasteiger partial charge in [0.1, 0.15) is 6.17 Å². The number of aromatic nitrogens is 2. The maximum Gasteiger partial charge on any atom is 0.335 e. The van der Waals surface area contributed by atoms with Crippen molar-refractivity contribution in [2.75, 3.05) is 0 Å². The van der Waals surface area contributed by atoms with Gasteiger partial charge in [0.05, 0.1) is 17.6 Å². The lowest BCUT2D eigenvalue weighted by Gasteiger charge is -2.09. The molecule has 0 saturated carbocycles. The molecule has 1 aromatic heterocycles. The Bertz CT molecular complexity index is 830. The lowest BCUT2D eigenvalue weighted by molar-refractivity contribution is 0.0697. The van der Waals surface area contributed by atoms with Crippen LogP contribution in [0.2, 0.25) is 0 Å². The number of hydrogen-bond acceptors (Lipinski definition) is 2. The Labute approximate surface area is 134 Å². The van der Waals surface area contributed by atoms with Crippen molar-refractivity contribution >= 4 is 32.8 Å². The highest BCUT2D eigenvalue weighted by molar-refractivity contribution is 9.10. The zero-order valence-corrected chi connectivity index (χ0v) is 13.0. The average Bonchev–Trinajstić information content (AvgIpc) is 2.91. The number of fused-ring (bicyclic) bond motifs is 1. The van der Waals surface area contributed by atoms with Gasteiger partial charge in [-0.05, 0) is 29.8 Å². The molecule has 0 aliphatic carbocycles. The summed E-state index contributed by atoms with van der Waals surface area (Å²) in [6, 6.07) is 11.4. The van der Waals surface area contributed by atoms with Crippen molar-refractivity contribution < 1.29 is 14.3 Å². The standard InChI is InChI=1S/C16H12BrFN2O2/c17-13-2-1-3-15-12(13)8-20(19-15)9-14(18)10-4-6-11(7-5-10)16(21)22/h1-8,14H,9H2,(H,21,22)/t14-/m0/s1. The summed E-state index contributed by atoms with van der Waals surface area (Å²) >= 11 is 3.44. The lowest BCUT2D eigenvalue weighted by Crippen LogP contribution is -2.06. The number of carboxylic acid groups (broad SMARTS) is 1. The van der Waals surface area contributed by atoms with Gasteiger partial charge < -0.3 is 5.11 Å². The van der Waals surface area contributed by atoms with Crippen LogP contribution in [0.3, 0.4) is 0 Å². The third-order valence-electron chi connectivity index (χ3n) is 3.41. The molecule has 0 radical (unpaired) electrons. The molecule has 1 heterocycles. The Morgan fingerprint density at radius 2 is 2.00 bits per heavy atom. The van der Waals surface area contributed by atoms with Crippen LogP contribution in [-0.2, 0) is 6.54 Å².